The maximum Gasteiger partial charge on any atom is 0.228 e. The molecule has 6 heteroatoms. The minimum Gasteiger partial charge on any atom is -0.342 e. The van der Waals surface area contributed by atoms with Gasteiger partial charge in [-0.2, -0.15) is 0 Å². The van der Waals surface area contributed by atoms with Crippen molar-refractivity contribution in [3.8, 4) is 0 Å². The van der Waals surface area contributed by atoms with E-state index in [1.165, 1.54) is 6.42 Å². The molecule has 1 atom stereocenters. The zero-order chi connectivity index (χ0) is 17.9. The lowest BCUT2D eigenvalue weighted by atomic mass is 9.83. The van der Waals surface area contributed by atoms with E-state index in [0.29, 0.717) is 11.9 Å². The lowest BCUT2D eigenvalue weighted by Gasteiger charge is -2.37. The molecule has 4 rings (SSSR count). The Labute approximate surface area is 154 Å². The van der Waals surface area contributed by atoms with Gasteiger partial charge in [0.1, 0.15) is 5.82 Å². The van der Waals surface area contributed by atoms with Crippen LogP contribution in [0.25, 0.3) is 0 Å². The van der Waals surface area contributed by atoms with Crippen molar-refractivity contribution in [1.29, 1.82) is 0 Å². The van der Waals surface area contributed by atoms with Crippen LogP contribution in [0.3, 0.4) is 0 Å². The van der Waals surface area contributed by atoms with E-state index >= 15 is 0 Å². The highest BCUT2D eigenvalue weighted by Crippen LogP contribution is 2.32. The summed E-state index contributed by atoms with van der Waals surface area (Å²) < 4.78 is 0. The maximum absolute atomic E-state index is 12.6. The number of hydrogen-bond donors (Lipinski definition) is 1. The van der Waals surface area contributed by atoms with E-state index in [1.54, 1.807) is 6.20 Å². The number of pyridine rings is 1. The van der Waals surface area contributed by atoms with Gasteiger partial charge in [0.05, 0.1) is 5.69 Å². The summed E-state index contributed by atoms with van der Waals surface area (Å²) >= 11 is 0. The van der Waals surface area contributed by atoms with E-state index in [-0.39, 0.29) is 11.8 Å². The molecule has 2 aromatic rings. The average molecular weight is 351 g/mol. The van der Waals surface area contributed by atoms with Crippen LogP contribution in [0.15, 0.2) is 30.6 Å². The number of amides is 1. The van der Waals surface area contributed by atoms with Gasteiger partial charge in [0.15, 0.2) is 0 Å². The largest absolute Gasteiger partial charge is 0.342 e. The number of nitrogens with zero attached hydrogens (tertiary/aromatic N) is 4. The summed E-state index contributed by atoms with van der Waals surface area (Å²) in [6.45, 7) is 3.66. The fourth-order valence-electron chi connectivity index (χ4n) is 3.65. The van der Waals surface area contributed by atoms with Crippen molar-refractivity contribution < 1.29 is 4.79 Å². The molecule has 6 nitrogen and oxygen atoms in total. The highest BCUT2D eigenvalue weighted by Gasteiger charge is 2.32. The Morgan fingerprint density at radius 3 is 2.77 bits per heavy atom. The summed E-state index contributed by atoms with van der Waals surface area (Å²) in [6.07, 6.45) is 9.02. The number of carbonyl (C=O) groups excluding carboxylic acids is 1. The fourth-order valence-corrected chi connectivity index (χ4v) is 3.65. The van der Waals surface area contributed by atoms with Crippen LogP contribution < -0.4 is 5.32 Å². The lowest BCUT2D eigenvalue weighted by Crippen LogP contribution is -2.44. The van der Waals surface area contributed by atoms with E-state index in [4.69, 9.17) is 0 Å². The molecule has 1 unspecified atom stereocenters. The molecule has 2 fully saturated rings. The monoisotopic (exact) mass is 351 g/mol. The van der Waals surface area contributed by atoms with Gasteiger partial charge in [-0.3, -0.25) is 4.79 Å². The number of rotatable bonds is 4. The SMILES string of the molecule is Cc1ccc(Nc2nccc(C3CCCN(C(=O)C4CCC4)C3)n2)nc1. The summed E-state index contributed by atoms with van der Waals surface area (Å²) in [6, 6.07) is 5.89. The van der Waals surface area contributed by atoms with Crippen molar-refractivity contribution in [3.05, 3.63) is 41.9 Å². The smallest absolute Gasteiger partial charge is 0.228 e. The Kier molecular flexibility index (Phi) is 4.82. The first kappa shape index (κ1) is 16.9. The molecule has 3 heterocycles. The van der Waals surface area contributed by atoms with Gasteiger partial charge in [-0.05, 0) is 50.3 Å². The molecule has 2 aliphatic rings. The number of carbonyl (C=O) groups is 1. The van der Waals surface area contributed by atoms with Crippen LogP contribution in [0, 0.1) is 12.8 Å². The Morgan fingerprint density at radius 1 is 1.15 bits per heavy atom. The zero-order valence-corrected chi connectivity index (χ0v) is 15.2. The van der Waals surface area contributed by atoms with Gasteiger partial charge in [-0.1, -0.05) is 12.5 Å². The van der Waals surface area contributed by atoms with Gasteiger partial charge in [0.2, 0.25) is 11.9 Å². The van der Waals surface area contributed by atoms with Crippen LogP contribution >= 0.6 is 0 Å². The molecule has 1 aliphatic carbocycles. The van der Waals surface area contributed by atoms with Gasteiger partial charge in [-0.25, -0.2) is 15.0 Å². The summed E-state index contributed by atoms with van der Waals surface area (Å²) in [5.41, 5.74) is 2.12. The number of hydrogen-bond acceptors (Lipinski definition) is 5. The van der Waals surface area contributed by atoms with E-state index in [9.17, 15) is 4.79 Å². The van der Waals surface area contributed by atoms with Gasteiger partial charge in [0, 0.05) is 37.3 Å². The molecule has 0 radical (unpaired) electrons. The molecule has 1 saturated heterocycles. The predicted octanol–water partition coefficient (Wildman–Crippen LogP) is 3.43. The first-order valence-electron chi connectivity index (χ1n) is 9.50. The van der Waals surface area contributed by atoms with Crippen LogP contribution in [0.2, 0.25) is 0 Å². The molecule has 2 aromatic heterocycles. The number of aryl methyl sites for hydroxylation is 1. The molecule has 0 spiro atoms. The van der Waals surface area contributed by atoms with Crippen molar-refractivity contribution in [2.75, 3.05) is 18.4 Å². The van der Waals surface area contributed by atoms with E-state index < -0.39 is 0 Å². The van der Waals surface area contributed by atoms with Crippen LogP contribution in [-0.4, -0.2) is 38.8 Å². The predicted molar refractivity (Wildman–Crippen MR) is 100 cm³/mol. The molecule has 0 bridgehead atoms. The zero-order valence-electron chi connectivity index (χ0n) is 15.2. The Hall–Kier alpha value is -2.50. The normalized spacial score (nSPS) is 20.5. The molecule has 26 heavy (non-hydrogen) atoms. The molecule has 1 amide bonds. The summed E-state index contributed by atoms with van der Waals surface area (Å²) in [5.74, 6) is 2.18. The third kappa shape index (κ3) is 3.69. The number of anilines is 2. The standard InChI is InChI=1S/C20H25N5O/c1-14-7-8-18(22-12-14)24-20-21-10-9-17(23-20)16-6-3-11-25(13-16)19(26)15-4-2-5-15/h7-10,12,15-16H,2-6,11,13H2,1H3,(H,21,22,23,24). The highest BCUT2D eigenvalue weighted by atomic mass is 16.2. The van der Waals surface area contributed by atoms with E-state index in [1.807, 2.05) is 31.3 Å². The summed E-state index contributed by atoms with van der Waals surface area (Å²) in [4.78, 5) is 28.0. The van der Waals surface area contributed by atoms with Crippen molar-refractivity contribution in [3.63, 3.8) is 0 Å². The molecular formula is C20H25N5O. The molecule has 1 aliphatic heterocycles. The first-order valence-corrected chi connectivity index (χ1v) is 9.50. The van der Waals surface area contributed by atoms with Crippen LogP contribution in [0.4, 0.5) is 11.8 Å². The van der Waals surface area contributed by atoms with Crippen molar-refractivity contribution >= 4 is 17.7 Å². The summed E-state index contributed by atoms with van der Waals surface area (Å²) in [7, 11) is 0. The number of nitrogens with one attached hydrogen (secondary N) is 1. The lowest BCUT2D eigenvalue weighted by molar-refractivity contribution is -0.139. The van der Waals surface area contributed by atoms with Crippen LogP contribution in [0.1, 0.15) is 49.3 Å². The van der Waals surface area contributed by atoms with Crippen molar-refractivity contribution in [1.82, 2.24) is 19.9 Å². The van der Waals surface area contributed by atoms with Crippen molar-refractivity contribution in [2.45, 2.75) is 44.9 Å². The minimum atomic E-state index is 0.268. The molecular weight excluding hydrogens is 326 g/mol. The Balaban J connectivity index is 1.45. The second-order valence-electron chi connectivity index (χ2n) is 7.40. The second kappa shape index (κ2) is 7.40. The third-order valence-corrected chi connectivity index (χ3v) is 5.43. The number of piperidine rings is 1. The fraction of sp³-hybridized carbons (Fsp3) is 0.500. The van der Waals surface area contributed by atoms with Gasteiger partial charge in [-0.15, -0.1) is 0 Å². The van der Waals surface area contributed by atoms with Crippen LogP contribution in [-0.2, 0) is 4.79 Å². The maximum atomic E-state index is 12.6. The highest BCUT2D eigenvalue weighted by molar-refractivity contribution is 5.79. The Morgan fingerprint density at radius 2 is 2.04 bits per heavy atom. The average Bonchev–Trinajstić information content (AvgIpc) is 2.63. The second-order valence-corrected chi connectivity index (χ2v) is 7.40. The van der Waals surface area contributed by atoms with Crippen LogP contribution in [0.5, 0.6) is 0 Å². The quantitative estimate of drug-likeness (QED) is 0.914. The van der Waals surface area contributed by atoms with Gasteiger partial charge >= 0.3 is 0 Å². The Bertz CT molecular complexity index is 772. The van der Waals surface area contributed by atoms with Crippen molar-refractivity contribution in [2.24, 2.45) is 5.92 Å². The number of likely N-dealkylation sites (tertiary alicyclic amines) is 1. The first-order chi connectivity index (χ1) is 12.7. The molecule has 1 N–H and O–H groups in total. The van der Waals surface area contributed by atoms with Gasteiger partial charge < -0.3 is 10.2 Å². The molecule has 1 saturated carbocycles. The third-order valence-electron chi connectivity index (χ3n) is 5.43. The topological polar surface area (TPSA) is 71.0 Å². The van der Waals surface area contributed by atoms with Gasteiger partial charge in [0.25, 0.3) is 0 Å². The molecule has 136 valence electrons. The summed E-state index contributed by atoms with van der Waals surface area (Å²) in [5, 5.41) is 3.17. The van der Waals surface area contributed by atoms with E-state index in [0.717, 1.165) is 55.8 Å². The molecule has 0 aromatic carbocycles. The minimum absolute atomic E-state index is 0.268. The number of aromatic nitrogens is 3. The van der Waals surface area contributed by atoms with E-state index in [2.05, 4.69) is 25.2 Å².